The summed E-state index contributed by atoms with van der Waals surface area (Å²) in [5.41, 5.74) is 5.96. The van der Waals surface area contributed by atoms with Crippen LogP contribution in [-0.2, 0) is 4.79 Å². The van der Waals surface area contributed by atoms with Gasteiger partial charge < -0.3 is 5.73 Å². The summed E-state index contributed by atoms with van der Waals surface area (Å²) in [6.07, 6.45) is 2.37. The van der Waals surface area contributed by atoms with Gasteiger partial charge in [0.15, 0.2) is 0 Å². The molecule has 12 heavy (non-hydrogen) atoms. The van der Waals surface area contributed by atoms with Crippen molar-refractivity contribution in [3.05, 3.63) is 30.1 Å². The summed E-state index contributed by atoms with van der Waals surface area (Å²) >= 11 is 0. The first-order valence-electron chi connectivity index (χ1n) is 3.96. The van der Waals surface area contributed by atoms with Crippen molar-refractivity contribution in [3.63, 3.8) is 0 Å². The zero-order valence-electron chi connectivity index (χ0n) is 7.03. The van der Waals surface area contributed by atoms with E-state index in [0.717, 1.165) is 5.69 Å². The number of nitrogens with zero attached hydrogens (tertiary/aromatic N) is 1. The minimum absolute atomic E-state index is 0.244. The van der Waals surface area contributed by atoms with Crippen LogP contribution < -0.4 is 5.73 Å². The van der Waals surface area contributed by atoms with Crippen molar-refractivity contribution in [2.75, 3.05) is 0 Å². The minimum Gasteiger partial charge on any atom is -0.369 e. The molecule has 0 saturated heterocycles. The first-order valence-corrected chi connectivity index (χ1v) is 3.96. The number of pyridine rings is 1. The minimum atomic E-state index is -0.309. The molecule has 2 N–H and O–H groups in total. The van der Waals surface area contributed by atoms with Gasteiger partial charge in [-0.25, -0.2) is 0 Å². The fraction of sp³-hybridized carbons (Fsp3) is 0.333. The van der Waals surface area contributed by atoms with Crippen molar-refractivity contribution in [2.45, 2.75) is 19.3 Å². The van der Waals surface area contributed by atoms with Gasteiger partial charge in [-0.2, -0.15) is 0 Å². The van der Waals surface area contributed by atoms with E-state index in [1.807, 2.05) is 25.1 Å². The molecule has 0 bridgehead atoms. The molecule has 1 aromatic heterocycles. The third kappa shape index (κ3) is 1.81. The van der Waals surface area contributed by atoms with Gasteiger partial charge in [0, 0.05) is 6.20 Å². The van der Waals surface area contributed by atoms with Crippen LogP contribution in [-0.4, -0.2) is 10.9 Å². The third-order valence-electron chi connectivity index (χ3n) is 1.80. The SMILES string of the molecule is CCC(C(N)=O)c1ccccn1. The molecule has 0 aliphatic rings. The molecular weight excluding hydrogens is 152 g/mol. The third-order valence-corrected chi connectivity index (χ3v) is 1.80. The maximum Gasteiger partial charge on any atom is 0.226 e. The molecule has 0 radical (unpaired) electrons. The quantitative estimate of drug-likeness (QED) is 0.726. The second kappa shape index (κ2) is 3.85. The van der Waals surface area contributed by atoms with Crippen LogP contribution >= 0.6 is 0 Å². The van der Waals surface area contributed by atoms with E-state index >= 15 is 0 Å². The Labute approximate surface area is 71.6 Å². The number of carbonyl (C=O) groups excluding carboxylic acids is 1. The van der Waals surface area contributed by atoms with Crippen molar-refractivity contribution < 1.29 is 4.79 Å². The number of aromatic nitrogens is 1. The summed E-state index contributed by atoms with van der Waals surface area (Å²) in [7, 11) is 0. The maximum absolute atomic E-state index is 10.9. The standard InChI is InChI=1S/C9H12N2O/c1-2-7(9(10)12)8-5-3-4-6-11-8/h3-7H,2H2,1H3,(H2,10,12). The Balaban J connectivity index is 2.88. The zero-order chi connectivity index (χ0) is 8.97. The summed E-state index contributed by atoms with van der Waals surface area (Å²) in [4.78, 5) is 15.0. The topological polar surface area (TPSA) is 56.0 Å². The lowest BCUT2D eigenvalue weighted by Crippen LogP contribution is -2.21. The summed E-state index contributed by atoms with van der Waals surface area (Å²) in [6, 6.07) is 5.49. The molecule has 3 nitrogen and oxygen atoms in total. The monoisotopic (exact) mass is 164 g/mol. The molecule has 3 heteroatoms. The maximum atomic E-state index is 10.9. The van der Waals surface area contributed by atoms with Crippen LogP contribution in [0.15, 0.2) is 24.4 Å². The van der Waals surface area contributed by atoms with Crippen LogP contribution in [0.2, 0.25) is 0 Å². The number of hydrogen-bond acceptors (Lipinski definition) is 2. The van der Waals surface area contributed by atoms with Gasteiger partial charge >= 0.3 is 0 Å². The molecule has 64 valence electrons. The largest absolute Gasteiger partial charge is 0.369 e. The summed E-state index contributed by atoms with van der Waals surface area (Å²) in [5.74, 6) is -0.553. The second-order valence-electron chi connectivity index (χ2n) is 2.62. The van der Waals surface area contributed by atoms with E-state index in [0.29, 0.717) is 6.42 Å². The number of nitrogens with two attached hydrogens (primary N) is 1. The highest BCUT2D eigenvalue weighted by atomic mass is 16.1. The molecule has 1 amide bonds. The Morgan fingerprint density at radius 3 is 2.83 bits per heavy atom. The van der Waals surface area contributed by atoms with Gasteiger partial charge in [-0.15, -0.1) is 0 Å². The van der Waals surface area contributed by atoms with E-state index in [1.165, 1.54) is 0 Å². The molecule has 1 heterocycles. The molecule has 0 aromatic carbocycles. The molecule has 0 saturated carbocycles. The van der Waals surface area contributed by atoms with Gasteiger partial charge in [-0.05, 0) is 18.6 Å². The Hall–Kier alpha value is -1.38. The average Bonchev–Trinajstić information content (AvgIpc) is 2.07. The Bertz CT molecular complexity index is 258. The van der Waals surface area contributed by atoms with Gasteiger partial charge in [-0.3, -0.25) is 9.78 Å². The molecular formula is C9H12N2O. The number of rotatable bonds is 3. The van der Waals surface area contributed by atoms with Gasteiger partial charge in [-0.1, -0.05) is 13.0 Å². The van der Waals surface area contributed by atoms with E-state index in [-0.39, 0.29) is 11.8 Å². The Morgan fingerprint density at radius 1 is 1.67 bits per heavy atom. The van der Waals surface area contributed by atoms with Crippen LogP contribution in [0.1, 0.15) is 25.0 Å². The Kier molecular flexibility index (Phi) is 2.80. The lowest BCUT2D eigenvalue weighted by Gasteiger charge is -2.08. The van der Waals surface area contributed by atoms with Crippen molar-refractivity contribution >= 4 is 5.91 Å². The summed E-state index contributed by atoms with van der Waals surface area (Å²) in [6.45, 7) is 1.92. The van der Waals surface area contributed by atoms with Crippen molar-refractivity contribution in [2.24, 2.45) is 5.73 Å². The average molecular weight is 164 g/mol. The lowest BCUT2D eigenvalue weighted by molar-refractivity contribution is -0.119. The van der Waals surface area contributed by atoms with Crippen LogP contribution in [0.25, 0.3) is 0 Å². The highest BCUT2D eigenvalue weighted by Gasteiger charge is 2.15. The predicted octanol–water partition coefficient (Wildman–Crippen LogP) is 1.06. The fourth-order valence-electron chi connectivity index (χ4n) is 1.14. The van der Waals surface area contributed by atoms with E-state index in [4.69, 9.17) is 5.73 Å². The fourth-order valence-corrected chi connectivity index (χ4v) is 1.14. The highest BCUT2D eigenvalue weighted by Crippen LogP contribution is 2.15. The second-order valence-corrected chi connectivity index (χ2v) is 2.62. The normalized spacial score (nSPS) is 12.4. The summed E-state index contributed by atoms with van der Waals surface area (Å²) in [5, 5.41) is 0. The number of primary amides is 1. The molecule has 1 atom stereocenters. The van der Waals surface area contributed by atoms with Crippen LogP contribution in [0.5, 0.6) is 0 Å². The Morgan fingerprint density at radius 2 is 2.42 bits per heavy atom. The molecule has 1 aromatic rings. The first kappa shape index (κ1) is 8.71. The van der Waals surface area contributed by atoms with Crippen LogP contribution in [0, 0.1) is 0 Å². The van der Waals surface area contributed by atoms with Crippen molar-refractivity contribution in [1.29, 1.82) is 0 Å². The van der Waals surface area contributed by atoms with E-state index in [9.17, 15) is 4.79 Å². The lowest BCUT2D eigenvalue weighted by atomic mass is 10.0. The zero-order valence-corrected chi connectivity index (χ0v) is 7.03. The van der Waals surface area contributed by atoms with Crippen LogP contribution in [0.3, 0.4) is 0 Å². The molecule has 1 unspecified atom stereocenters. The number of carbonyl (C=O) groups is 1. The van der Waals surface area contributed by atoms with E-state index in [1.54, 1.807) is 6.20 Å². The van der Waals surface area contributed by atoms with Gasteiger partial charge in [0.1, 0.15) is 0 Å². The summed E-state index contributed by atoms with van der Waals surface area (Å²) < 4.78 is 0. The van der Waals surface area contributed by atoms with E-state index in [2.05, 4.69) is 4.98 Å². The molecule has 0 spiro atoms. The molecule has 0 aliphatic carbocycles. The predicted molar refractivity (Wildman–Crippen MR) is 46.5 cm³/mol. The molecule has 0 fully saturated rings. The smallest absolute Gasteiger partial charge is 0.226 e. The number of hydrogen-bond donors (Lipinski definition) is 1. The molecule has 0 aliphatic heterocycles. The number of amides is 1. The van der Waals surface area contributed by atoms with Crippen molar-refractivity contribution in [1.82, 2.24) is 4.98 Å². The molecule has 1 rings (SSSR count). The van der Waals surface area contributed by atoms with Crippen LogP contribution in [0.4, 0.5) is 0 Å². The highest BCUT2D eigenvalue weighted by molar-refractivity contribution is 5.81. The van der Waals surface area contributed by atoms with Crippen molar-refractivity contribution in [3.8, 4) is 0 Å². The van der Waals surface area contributed by atoms with Gasteiger partial charge in [0.05, 0.1) is 11.6 Å². The van der Waals surface area contributed by atoms with Gasteiger partial charge in [0.2, 0.25) is 5.91 Å². The first-order chi connectivity index (χ1) is 5.75. The van der Waals surface area contributed by atoms with Gasteiger partial charge in [0.25, 0.3) is 0 Å². The van der Waals surface area contributed by atoms with E-state index < -0.39 is 0 Å².